The molecule has 3 N–H and O–H groups in total. The van der Waals surface area contributed by atoms with Crippen LogP contribution in [0.3, 0.4) is 0 Å². The van der Waals surface area contributed by atoms with Gasteiger partial charge in [-0.2, -0.15) is 0 Å². The summed E-state index contributed by atoms with van der Waals surface area (Å²) in [5.74, 6) is -0.123. The van der Waals surface area contributed by atoms with E-state index in [1.807, 2.05) is 24.4 Å². The molecule has 1 aliphatic heterocycles. The normalized spacial score (nSPS) is 24.3. The third-order valence-electron chi connectivity index (χ3n) is 3.68. The van der Waals surface area contributed by atoms with Crippen LogP contribution in [0.15, 0.2) is 17.5 Å². The van der Waals surface area contributed by atoms with E-state index in [1.54, 1.807) is 11.9 Å². The summed E-state index contributed by atoms with van der Waals surface area (Å²) in [5, 5.41) is 4.56. The lowest BCUT2D eigenvalue weighted by Gasteiger charge is -2.24. The molecule has 1 aromatic rings. The SMILES string of the molecule is CNC(=O)C1(C)CCN(C(=O)C(N)c2cccs2)C1. The molecule has 2 heterocycles. The van der Waals surface area contributed by atoms with Crippen molar-refractivity contribution < 1.29 is 9.59 Å². The molecule has 6 heteroatoms. The maximum Gasteiger partial charge on any atom is 0.244 e. The zero-order chi connectivity index (χ0) is 14.0. The van der Waals surface area contributed by atoms with E-state index in [1.165, 1.54) is 11.3 Å². The van der Waals surface area contributed by atoms with Crippen LogP contribution in [0.2, 0.25) is 0 Å². The molecule has 0 radical (unpaired) electrons. The summed E-state index contributed by atoms with van der Waals surface area (Å²) in [5.41, 5.74) is 5.48. The van der Waals surface area contributed by atoms with Crippen LogP contribution in [0.4, 0.5) is 0 Å². The number of hydrogen-bond donors (Lipinski definition) is 2. The molecule has 1 fully saturated rings. The first kappa shape index (κ1) is 14.0. The second-order valence-corrected chi connectivity index (χ2v) is 6.12. The average molecular weight is 281 g/mol. The molecule has 0 bridgehead atoms. The highest BCUT2D eigenvalue weighted by Gasteiger charge is 2.42. The summed E-state index contributed by atoms with van der Waals surface area (Å²) in [6, 6.07) is 3.12. The maximum absolute atomic E-state index is 12.3. The molecule has 0 spiro atoms. The number of carbonyl (C=O) groups is 2. The van der Waals surface area contributed by atoms with Crippen LogP contribution in [0, 0.1) is 5.41 Å². The van der Waals surface area contributed by atoms with E-state index in [2.05, 4.69) is 5.32 Å². The number of carbonyl (C=O) groups excluding carboxylic acids is 2. The molecule has 1 saturated heterocycles. The molecule has 2 atom stereocenters. The fourth-order valence-corrected chi connectivity index (χ4v) is 3.14. The van der Waals surface area contributed by atoms with Crippen LogP contribution < -0.4 is 11.1 Å². The molecule has 19 heavy (non-hydrogen) atoms. The highest BCUT2D eigenvalue weighted by Crippen LogP contribution is 2.31. The van der Waals surface area contributed by atoms with Gasteiger partial charge in [-0.05, 0) is 24.8 Å². The molecule has 2 rings (SSSR count). The topological polar surface area (TPSA) is 75.4 Å². The minimum absolute atomic E-state index is 0.0208. The second kappa shape index (κ2) is 5.30. The molecule has 0 saturated carbocycles. The van der Waals surface area contributed by atoms with E-state index in [9.17, 15) is 9.59 Å². The van der Waals surface area contributed by atoms with Crippen molar-refractivity contribution in [3.63, 3.8) is 0 Å². The number of thiophene rings is 1. The summed E-state index contributed by atoms with van der Waals surface area (Å²) < 4.78 is 0. The largest absolute Gasteiger partial charge is 0.359 e. The van der Waals surface area contributed by atoms with Crippen molar-refractivity contribution in [1.82, 2.24) is 10.2 Å². The number of nitrogens with two attached hydrogens (primary N) is 1. The van der Waals surface area contributed by atoms with E-state index in [4.69, 9.17) is 5.73 Å². The minimum Gasteiger partial charge on any atom is -0.359 e. The van der Waals surface area contributed by atoms with Gasteiger partial charge in [-0.15, -0.1) is 11.3 Å². The summed E-state index contributed by atoms with van der Waals surface area (Å²) in [6.45, 7) is 2.90. The summed E-state index contributed by atoms with van der Waals surface area (Å²) in [4.78, 5) is 26.7. The van der Waals surface area contributed by atoms with Gasteiger partial charge in [0.25, 0.3) is 0 Å². The summed E-state index contributed by atoms with van der Waals surface area (Å²) in [6.07, 6.45) is 0.676. The van der Waals surface area contributed by atoms with Crippen LogP contribution >= 0.6 is 11.3 Å². The van der Waals surface area contributed by atoms with Crippen molar-refractivity contribution in [3.8, 4) is 0 Å². The molecule has 1 aromatic heterocycles. The summed E-state index contributed by atoms with van der Waals surface area (Å²) in [7, 11) is 1.62. The van der Waals surface area contributed by atoms with Gasteiger partial charge in [0, 0.05) is 25.0 Å². The monoisotopic (exact) mass is 281 g/mol. The number of likely N-dealkylation sites (tertiary alicyclic amines) is 1. The first-order valence-electron chi connectivity index (χ1n) is 6.28. The third-order valence-corrected chi connectivity index (χ3v) is 4.63. The van der Waals surface area contributed by atoms with Crippen LogP contribution in [-0.2, 0) is 9.59 Å². The minimum atomic E-state index is -0.618. The Labute approximate surface area is 116 Å². The number of nitrogens with one attached hydrogen (secondary N) is 1. The van der Waals surface area contributed by atoms with E-state index in [0.717, 1.165) is 4.88 Å². The zero-order valence-corrected chi connectivity index (χ0v) is 12.0. The molecule has 5 nitrogen and oxygen atoms in total. The molecule has 0 aromatic carbocycles. The number of amides is 2. The predicted octanol–water partition coefficient (Wildman–Crippen LogP) is 0.733. The van der Waals surface area contributed by atoms with Crippen molar-refractivity contribution in [2.45, 2.75) is 19.4 Å². The number of rotatable bonds is 3. The van der Waals surface area contributed by atoms with Crippen molar-refractivity contribution in [2.75, 3.05) is 20.1 Å². The first-order valence-corrected chi connectivity index (χ1v) is 7.16. The van der Waals surface area contributed by atoms with Gasteiger partial charge in [0.15, 0.2) is 0 Å². The van der Waals surface area contributed by atoms with Gasteiger partial charge in [0.2, 0.25) is 11.8 Å². The number of hydrogen-bond acceptors (Lipinski definition) is 4. The van der Waals surface area contributed by atoms with Crippen molar-refractivity contribution in [1.29, 1.82) is 0 Å². The van der Waals surface area contributed by atoms with Gasteiger partial charge in [-0.25, -0.2) is 0 Å². The Morgan fingerprint density at radius 3 is 2.89 bits per heavy atom. The van der Waals surface area contributed by atoms with E-state index in [0.29, 0.717) is 19.5 Å². The molecule has 2 unspecified atom stereocenters. The lowest BCUT2D eigenvalue weighted by Crippen LogP contribution is -2.42. The fraction of sp³-hybridized carbons (Fsp3) is 0.538. The summed E-state index contributed by atoms with van der Waals surface area (Å²) >= 11 is 1.48. The van der Waals surface area contributed by atoms with Crippen molar-refractivity contribution >= 4 is 23.2 Å². The molecule has 1 aliphatic rings. The van der Waals surface area contributed by atoms with Crippen LogP contribution in [0.5, 0.6) is 0 Å². The lowest BCUT2D eigenvalue weighted by molar-refractivity contribution is -0.133. The van der Waals surface area contributed by atoms with Gasteiger partial charge in [-0.3, -0.25) is 9.59 Å². The zero-order valence-electron chi connectivity index (χ0n) is 11.2. The quantitative estimate of drug-likeness (QED) is 0.857. The van der Waals surface area contributed by atoms with Crippen molar-refractivity contribution in [3.05, 3.63) is 22.4 Å². The lowest BCUT2D eigenvalue weighted by atomic mass is 9.89. The maximum atomic E-state index is 12.3. The standard InChI is InChI=1S/C13H19N3O2S/c1-13(12(18)15-2)5-6-16(8-13)11(17)10(14)9-4-3-7-19-9/h3-4,7,10H,5-6,8,14H2,1-2H3,(H,15,18). The van der Waals surface area contributed by atoms with Crippen LogP contribution in [0.25, 0.3) is 0 Å². The highest BCUT2D eigenvalue weighted by atomic mass is 32.1. The van der Waals surface area contributed by atoms with Gasteiger partial charge in [0.1, 0.15) is 6.04 Å². The molecule has 104 valence electrons. The van der Waals surface area contributed by atoms with Crippen LogP contribution in [-0.4, -0.2) is 36.9 Å². The first-order chi connectivity index (χ1) is 8.98. The second-order valence-electron chi connectivity index (χ2n) is 5.14. The van der Waals surface area contributed by atoms with Gasteiger partial charge in [-0.1, -0.05) is 6.07 Å². The van der Waals surface area contributed by atoms with Gasteiger partial charge >= 0.3 is 0 Å². The Balaban J connectivity index is 2.05. The third kappa shape index (κ3) is 2.64. The highest BCUT2D eigenvalue weighted by molar-refractivity contribution is 7.10. The fourth-order valence-electron chi connectivity index (χ4n) is 2.42. The van der Waals surface area contributed by atoms with E-state index >= 15 is 0 Å². The van der Waals surface area contributed by atoms with Crippen molar-refractivity contribution in [2.24, 2.45) is 11.1 Å². The Morgan fingerprint density at radius 1 is 1.58 bits per heavy atom. The van der Waals surface area contributed by atoms with Gasteiger partial charge in [0.05, 0.1) is 5.41 Å². The molecular formula is C13H19N3O2S. The van der Waals surface area contributed by atoms with E-state index < -0.39 is 11.5 Å². The van der Waals surface area contributed by atoms with Gasteiger partial charge < -0.3 is 16.0 Å². The smallest absolute Gasteiger partial charge is 0.244 e. The Hall–Kier alpha value is -1.40. The molecule has 2 amide bonds. The Bertz CT molecular complexity index is 474. The Kier molecular flexibility index (Phi) is 3.91. The predicted molar refractivity (Wildman–Crippen MR) is 74.6 cm³/mol. The Morgan fingerprint density at radius 2 is 2.32 bits per heavy atom. The molecular weight excluding hydrogens is 262 g/mol. The van der Waals surface area contributed by atoms with E-state index in [-0.39, 0.29) is 11.8 Å². The average Bonchev–Trinajstić information content (AvgIpc) is 3.06. The van der Waals surface area contributed by atoms with Crippen LogP contribution in [0.1, 0.15) is 24.3 Å². The number of nitrogens with zero attached hydrogens (tertiary/aromatic N) is 1. The molecule has 0 aliphatic carbocycles.